The molecule has 0 saturated carbocycles. The molecule has 0 aliphatic carbocycles. The summed E-state index contributed by atoms with van der Waals surface area (Å²) in [5, 5.41) is 8.70. The maximum atomic E-state index is 12.7. The SMILES string of the molecule is O=C(N1CCOC(CO)C1)C(F)(F)C(F)F. The van der Waals surface area contributed by atoms with E-state index in [0.717, 1.165) is 0 Å². The number of nitrogens with zero attached hydrogens (tertiary/aromatic N) is 1. The molecular weight excluding hydrogens is 234 g/mol. The molecule has 1 fully saturated rings. The number of hydrogen-bond donors (Lipinski definition) is 1. The van der Waals surface area contributed by atoms with Gasteiger partial charge in [-0.25, -0.2) is 8.78 Å². The third kappa shape index (κ3) is 2.62. The van der Waals surface area contributed by atoms with Crippen molar-refractivity contribution in [3.05, 3.63) is 0 Å². The summed E-state index contributed by atoms with van der Waals surface area (Å²) in [5.41, 5.74) is 0. The average Bonchev–Trinajstić information content (AvgIpc) is 2.27. The van der Waals surface area contributed by atoms with Crippen LogP contribution < -0.4 is 0 Å². The van der Waals surface area contributed by atoms with Gasteiger partial charge in [0.2, 0.25) is 0 Å². The first-order valence-electron chi connectivity index (χ1n) is 4.57. The molecule has 4 nitrogen and oxygen atoms in total. The molecule has 1 aliphatic heterocycles. The third-order valence-corrected chi connectivity index (χ3v) is 2.19. The molecule has 8 heteroatoms. The highest BCUT2D eigenvalue weighted by atomic mass is 19.3. The molecule has 0 aromatic heterocycles. The Kier molecular flexibility index (Phi) is 4.09. The van der Waals surface area contributed by atoms with Gasteiger partial charge < -0.3 is 14.7 Å². The Morgan fingerprint density at radius 3 is 2.69 bits per heavy atom. The van der Waals surface area contributed by atoms with Gasteiger partial charge >= 0.3 is 12.3 Å². The van der Waals surface area contributed by atoms with Crippen LogP contribution in [-0.4, -0.2) is 60.7 Å². The molecule has 1 atom stereocenters. The molecular formula is C8H11F4NO3. The molecule has 0 aromatic rings. The number of carbonyl (C=O) groups excluding carboxylic acids is 1. The molecule has 1 saturated heterocycles. The lowest BCUT2D eigenvalue weighted by Gasteiger charge is -2.33. The maximum absolute atomic E-state index is 12.7. The number of rotatable bonds is 3. The summed E-state index contributed by atoms with van der Waals surface area (Å²) in [6.45, 7) is -1.00. The largest absolute Gasteiger partial charge is 0.394 e. The van der Waals surface area contributed by atoms with Crippen molar-refractivity contribution < 1.29 is 32.2 Å². The summed E-state index contributed by atoms with van der Waals surface area (Å²) in [4.78, 5) is 11.7. The minimum Gasteiger partial charge on any atom is -0.394 e. The lowest BCUT2D eigenvalue weighted by molar-refractivity contribution is -0.187. The summed E-state index contributed by atoms with van der Waals surface area (Å²) >= 11 is 0. The quantitative estimate of drug-likeness (QED) is 0.718. The van der Waals surface area contributed by atoms with Gasteiger partial charge in [0.25, 0.3) is 5.91 Å². The highest BCUT2D eigenvalue weighted by molar-refractivity contribution is 5.84. The van der Waals surface area contributed by atoms with E-state index < -0.39 is 31.0 Å². The van der Waals surface area contributed by atoms with Gasteiger partial charge in [0.1, 0.15) is 0 Å². The Balaban J connectivity index is 2.66. The Hall–Kier alpha value is -0.890. The molecule has 94 valence electrons. The monoisotopic (exact) mass is 245 g/mol. The van der Waals surface area contributed by atoms with Gasteiger partial charge in [0.05, 0.1) is 19.3 Å². The number of halogens is 4. The van der Waals surface area contributed by atoms with Crippen LogP contribution in [0.2, 0.25) is 0 Å². The van der Waals surface area contributed by atoms with Crippen LogP contribution in [0, 0.1) is 0 Å². The van der Waals surface area contributed by atoms with E-state index in [9.17, 15) is 22.4 Å². The topological polar surface area (TPSA) is 49.8 Å². The van der Waals surface area contributed by atoms with Crippen molar-refractivity contribution in [2.75, 3.05) is 26.3 Å². The first kappa shape index (κ1) is 13.2. The first-order valence-corrected chi connectivity index (χ1v) is 4.57. The Morgan fingerprint density at radius 1 is 1.56 bits per heavy atom. The second kappa shape index (κ2) is 4.96. The van der Waals surface area contributed by atoms with Gasteiger partial charge in [-0.05, 0) is 0 Å². The van der Waals surface area contributed by atoms with E-state index in [1.165, 1.54) is 0 Å². The van der Waals surface area contributed by atoms with Crippen LogP contribution in [0.3, 0.4) is 0 Å². The molecule has 1 heterocycles. The van der Waals surface area contributed by atoms with E-state index in [4.69, 9.17) is 9.84 Å². The molecule has 0 aromatic carbocycles. The van der Waals surface area contributed by atoms with Gasteiger partial charge in [-0.3, -0.25) is 4.79 Å². The number of alkyl halides is 4. The van der Waals surface area contributed by atoms with E-state index in [-0.39, 0.29) is 19.7 Å². The minimum absolute atomic E-state index is 0.0592. The van der Waals surface area contributed by atoms with E-state index in [2.05, 4.69) is 0 Å². The van der Waals surface area contributed by atoms with Crippen LogP contribution in [0.1, 0.15) is 0 Å². The molecule has 1 amide bonds. The van der Waals surface area contributed by atoms with E-state index >= 15 is 0 Å². The third-order valence-electron chi connectivity index (χ3n) is 2.19. The Labute approximate surface area is 88.8 Å². The molecule has 0 radical (unpaired) electrons. The number of hydrogen-bond acceptors (Lipinski definition) is 3. The molecule has 0 bridgehead atoms. The van der Waals surface area contributed by atoms with Crippen molar-refractivity contribution in [1.82, 2.24) is 4.90 Å². The smallest absolute Gasteiger partial charge is 0.383 e. The molecule has 16 heavy (non-hydrogen) atoms. The van der Waals surface area contributed by atoms with Crippen molar-refractivity contribution in [3.8, 4) is 0 Å². The van der Waals surface area contributed by atoms with Gasteiger partial charge in [-0.15, -0.1) is 0 Å². The Morgan fingerprint density at radius 2 is 2.19 bits per heavy atom. The Bertz CT molecular complexity index is 262. The normalized spacial score (nSPS) is 22.6. The number of carbonyl (C=O) groups is 1. The number of ether oxygens (including phenoxy) is 1. The van der Waals surface area contributed by atoms with Crippen molar-refractivity contribution in [3.63, 3.8) is 0 Å². The fourth-order valence-electron chi connectivity index (χ4n) is 1.32. The predicted octanol–water partition coefficient (Wildman–Crippen LogP) is 0.106. The van der Waals surface area contributed by atoms with Crippen LogP contribution in [0.25, 0.3) is 0 Å². The summed E-state index contributed by atoms with van der Waals surface area (Å²) in [6.07, 6.45) is -4.83. The fourth-order valence-corrected chi connectivity index (χ4v) is 1.32. The van der Waals surface area contributed by atoms with E-state index in [1.807, 2.05) is 0 Å². The number of amides is 1. The van der Waals surface area contributed by atoms with Crippen LogP contribution >= 0.6 is 0 Å². The lowest BCUT2D eigenvalue weighted by Crippen LogP contribution is -2.54. The van der Waals surface area contributed by atoms with Crippen LogP contribution in [0.15, 0.2) is 0 Å². The van der Waals surface area contributed by atoms with Gasteiger partial charge in [0, 0.05) is 13.1 Å². The summed E-state index contributed by atoms with van der Waals surface area (Å²) in [6, 6.07) is 0. The minimum atomic E-state index is -4.68. The molecule has 1 unspecified atom stereocenters. The molecule has 1 aliphatic rings. The second-order valence-corrected chi connectivity index (χ2v) is 3.35. The maximum Gasteiger partial charge on any atom is 0.383 e. The predicted molar refractivity (Wildman–Crippen MR) is 44.4 cm³/mol. The highest BCUT2D eigenvalue weighted by Crippen LogP contribution is 2.26. The number of aliphatic hydroxyl groups excluding tert-OH is 1. The van der Waals surface area contributed by atoms with Crippen molar-refractivity contribution in [2.45, 2.75) is 18.5 Å². The zero-order valence-corrected chi connectivity index (χ0v) is 8.21. The van der Waals surface area contributed by atoms with Crippen LogP contribution in [-0.2, 0) is 9.53 Å². The van der Waals surface area contributed by atoms with Gasteiger partial charge in [-0.2, -0.15) is 8.78 Å². The summed E-state index contributed by atoms with van der Waals surface area (Å²) in [7, 11) is 0. The van der Waals surface area contributed by atoms with Crippen LogP contribution in [0.5, 0.6) is 0 Å². The highest BCUT2D eigenvalue weighted by Gasteiger charge is 2.51. The standard InChI is InChI=1S/C8H11F4NO3/c9-6(10)8(11,12)7(15)13-1-2-16-5(3-13)4-14/h5-6,14H,1-4H2. The lowest BCUT2D eigenvalue weighted by atomic mass is 10.2. The number of aliphatic hydroxyl groups is 1. The van der Waals surface area contributed by atoms with Gasteiger partial charge in [-0.1, -0.05) is 0 Å². The molecule has 0 spiro atoms. The van der Waals surface area contributed by atoms with Crippen LogP contribution in [0.4, 0.5) is 17.6 Å². The van der Waals surface area contributed by atoms with Crippen molar-refractivity contribution >= 4 is 5.91 Å². The first-order chi connectivity index (χ1) is 7.39. The molecule has 1 N–H and O–H groups in total. The van der Waals surface area contributed by atoms with Crippen molar-refractivity contribution in [1.29, 1.82) is 0 Å². The van der Waals surface area contributed by atoms with Gasteiger partial charge in [0.15, 0.2) is 0 Å². The zero-order chi connectivity index (χ0) is 12.3. The average molecular weight is 245 g/mol. The summed E-state index contributed by atoms with van der Waals surface area (Å²) in [5.74, 6) is -6.61. The van der Waals surface area contributed by atoms with E-state index in [1.54, 1.807) is 0 Å². The summed E-state index contributed by atoms with van der Waals surface area (Å²) < 4.78 is 54.2. The molecule has 1 rings (SSSR count). The second-order valence-electron chi connectivity index (χ2n) is 3.35. The zero-order valence-electron chi connectivity index (χ0n) is 8.21. The number of morpholine rings is 1. The van der Waals surface area contributed by atoms with E-state index in [0.29, 0.717) is 4.90 Å². The van der Waals surface area contributed by atoms with Crippen molar-refractivity contribution in [2.24, 2.45) is 0 Å². The fraction of sp³-hybridized carbons (Fsp3) is 0.875.